The molecule has 0 bridgehead atoms. The molecule has 1 aliphatic carbocycles. The standard InChI is InChI=1S/C13H21ClO4S/c1-9(2)10-4-3-5-13(6-10)7-12(15)18-11(13)8-19(14,16)17/h9-11H,3-8H2,1-2H3. The Kier molecular flexibility index (Phi) is 4.17. The number of carbonyl (C=O) groups is 1. The van der Waals surface area contributed by atoms with Crippen molar-refractivity contribution in [3.63, 3.8) is 0 Å². The number of carbonyl (C=O) groups excluding carboxylic acids is 1. The third-order valence-corrected chi connectivity index (χ3v) is 5.74. The summed E-state index contributed by atoms with van der Waals surface area (Å²) >= 11 is 0. The predicted octanol–water partition coefficient (Wildman–Crippen LogP) is 2.70. The summed E-state index contributed by atoms with van der Waals surface area (Å²) in [5.41, 5.74) is -0.313. The fourth-order valence-electron chi connectivity index (χ4n) is 3.58. The zero-order valence-corrected chi connectivity index (χ0v) is 13.0. The first kappa shape index (κ1) is 15.1. The number of cyclic esters (lactones) is 1. The number of hydrogen-bond donors (Lipinski definition) is 0. The van der Waals surface area contributed by atoms with Crippen LogP contribution in [0.4, 0.5) is 0 Å². The van der Waals surface area contributed by atoms with Crippen molar-refractivity contribution in [2.75, 3.05) is 5.75 Å². The van der Waals surface area contributed by atoms with Crippen LogP contribution in [0.3, 0.4) is 0 Å². The van der Waals surface area contributed by atoms with E-state index in [0.717, 1.165) is 25.7 Å². The van der Waals surface area contributed by atoms with Gasteiger partial charge in [-0.25, -0.2) is 8.42 Å². The van der Waals surface area contributed by atoms with Gasteiger partial charge in [-0.05, 0) is 24.7 Å². The van der Waals surface area contributed by atoms with E-state index in [9.17, 15) is 13.2 Å². The van der Waals surface area contributed by atoms with E-state index in [-0.39, 0.29) is 17.1 Å². The molecular weight excluding hydrogens is 288 g/mol. The fraction of sp³-hybridized carbons (Fsp3) is 0.923. The average molecular weight is 309 g/mol. The van der Waals surface area contributed by atoms with E-state index < -0.39 is 15.2 Å². The van der Waals surface area contributed by atoms with Crippen LogP contribution in [0.1, 0.15) is 46.0 Å². The molecule has 2 aliphatic rings. The largest absolute Gasteiger partial charge is 0.461 e. The lowest BCUT2D eigenvalue weighted by molar-refractivity contribution is -0.141. The number of hydrogen-bond acceptors (Lipinski definition) is 4. The maximum absolute atomic E-state index is 11.6. The molecule has 3 atom stereocenters. The van der Waals surface area contributed by atoms with Gasteiger partial charge in [0.25, 0.3) is 0 Å². The van der Waals surface area contributed by atoms with Crippen molar-refractivity contribution >= 4 is 25.7 Å². The van der Waals surface area contributed by atoms with Crippen LogP contribution < -0.4 is 0 Å². The first-order chi connectivity index (χ1) is 8.72. The van der Waals surface area contributed by atoms with Crippen molar-refractivity contribution in [1.82, 2.24) is 0 Å². The number of esters is 1. The Morgan fingerprint density at radius 3 is 2.74 bits per heavy atom. The van der Waals surface area contributed by atoms with Crippen LogP contribution in [0.25, 0.3) is 0 Å². The minimum atomic E-state index is -3.65. The molecule has 3 unspecified atom stereocenters. The molecule has 0 aromatic rings. The molecule has 1 spiro atoms. The summed E-state index contributed by atoms with van der Waals surface area (Å²) in [7, 11) is 1.69. The highest BCUT2D eigenvalue weighted by Gasteiger charge is 2.52. The molecule has 0 amide bonds. The molecule has 0 aromatic carbocycles. The quantitative estimate of drug-likeness (QED) is 0.594. The van der Waals surface area contributed by atoms with Crippen molar-refractivity contribution in [3.05, 3.63) is 0 Å². The number of rotatable bonds is 3. The first-order valence-electron chi connectivity index (χ1n) is 6.84. The van der Waals surface area contributed by atoms with E-state index in [1.54, 1.807) is 0 Å². The highest BCUT2D eigenvalue weighted by Crippen LogP contribution is 2.51. The SMILES string of the molecule is CC(C)C1CCCC2(CC(=O)OC2CS(=O)(=O)Cl)C1. The van der Waals surface area contributed by atoms with E-state index in [1.807, 2.05) is 0 Å². The van der Waals surface area contributed by atoms with E-state index >= 15 is 0 Å². The summed E-state index contributed by atoms with van der Waals surface area (Å²) in [6.07, 6.45) is 3.68. The molecule has 0 N–H and O–H groups in total. The van der Waals surface area contributed by atoms with Crippen LogP contribution >= 0.6 is 10.7 Å². The van der Waals surface area contributed by atoms with Crippen molar-refractivity contribution in [2.24, 2.45) is 17.3 Å². The Labute approximate surface area is 119 Å². The summed E-state index contributed by atoms with van der Waals surface area (Å²) in [4.78, 5) is 11.6. The molecule has 1 saturated carbocycles. The van der Waals surface area contributed by atoms with Crippen molar-refractivity contribution in [2.45, 2.75) is 52.1 Å². The number of halogens is 1. The van der Waals surface area contributed by atoms with Gasteiger partial charge in [-0.1, -0.05) is 26.7 Å². The molecule has 110 valence electrons. The Morgan fingerprint density at radius 1 is 1.47 bits per heavy atom. The van der Waals surface area contributed by atoms with Crippen molar-refractivity contribution in [1.29, 1.82) is 0 Å². The van der Waals surface area contributed by atoms with Gasteiger partial charge in [-0.2, -0.15) is 0 Å². The number of ether oxygens (including phenoxy) is 1. The highest BCUT2D eigenvalue weighted by atomic mass is 35.7. The predicted molar refractivity (Wildman–Crippen MR) is 73.4 cm³/mol. The van der Waals surface area contributed by atoms with Crippen LogP contribution in [0.2, 0.25) is 0 Å². The third kappa shape index (κ3) is 3.43. The Hall–Kier alpha value is -0.290. The zero-order chi connectivity index (χ0) is 14.3. The Morgan fingerprint density at radius 2 is 2.16 bits per heavy atom. The van der Waals surface area contributed by atoms with Crippen LogP contribution in [-0.2, 0) is 18.6 Å². The van der Waals surface area contributed by atoms with Crippen molar-refractivity contribution in [3.8, 4) is 0 Å². The van der Waals surface area contributed by atoms with E-state index in [0.29, 0.717) is 18.3 Å². The van der Waals surface area contributed by atoms with Gasteiger partial charge >= 0.3 is 5.97 Å². The first-order valence-corrected chi connectivity index (χ1v) is 9.31. The maximum Gasteiger partial charge on any atom is 0.306 e. The van der Waals surface area contributed by atoms with Crippen molar-refractivity contribution < 1.29 is 17.9 Å². The van der Waals surface area contributed by atoms with Gasteiger partial charge in [0, 0.05) is 16.1 Å². The average Bonchev–Trinajstić information content (AvgIpc) is 2.52. The van der Waals surface area contributed by atoms with E-state index in [2.05, 4.69) is 13.8 Å². The fourth-order valence-corrected chi connectivity index (χ4v) is 4.71. The maximum atomic E-state index is 11.6. The van der Waals surface area contributed by atoms with Gasteiger partial charge in [0.2, 0.25) is 9.05 Å². The van der Waals surface area contributed by atoms with Gasteiger partial charge in [0.15, 0.2) is 0 Å². The van der Waals surface area contributed by atoms with E-state index in [4.69, 9.17) is 15.4 Å². The second kappa shape index (κ2) is 5.24. The Bertz CT molecular complexity index is 459. The van der Waals surface area contributed by atoms with Gasteiger partial charge in [-0.3, -0.25) is 4.79 Å². The third-order valence-electron chi connectivity index (χ3n) is 4.66. The minimum absolute atomic E-state index is 0.259. The molecule has 2 fully saturated rings. The van der Waals surface area contributed by atoms with Crippen LogP contribution in [-0.4, -0.2) is 26.2 Å². The monoisotopic (exact) mass is 308 g/mol. The second-order valence-corrected chi connectivity index (χ2v) is 9.15. The molecule has 4 nitrogen and oxygen atoms in total. The molecule has 1 heterocycles. The highest BCUT2D eigenvalue weighted by molar-refractivity contribution is 8.13. The van der Waals surface area contributed by atoms with Crippen LogP contribution in [0.5, 0.6) is 0 Å². The van der Waals surface area contributed by atoms with Crippen LogP contribution in [0, 0.1) is 17.3 Å². The normalized spacial score (nSPS) is 35.9. The molecule has 0 aromatic heterocycles. The van der Waals surface area contributed by atoms with Gasteiger partial charge in [0.1, 0.15) is 11.9 Å². The summed E-state index contributed by atoms with van der Waals surface area (Å²) < 4.78 is 27.9. The smallest absolute Gasteiger partial charge is 0.306 e. The topological polar surface area (TPSA) is 60.4 Å². The minimum Gasteiger partial charge on any atom is -0.461 e. The van der Waals surface area contributed by atoms with Gasteiger partial charge in [0.05, 0.1) is 6.42 Å². The molecular formula is C13H21ClO4S. The summed E-state index contributed by atoms with van der Waals surface area (Å²) in [6, 6.07) is 0. The lowest BCUT2D eigenvalue weighted by Gasteiger charge is -2.41. The van der Waals surface area contributed by atoms with Gasteiger partial charge < -0.3 is 4.74 Å². The summed E-state index contributed by atoms with van der Waals surface area (Å²) in [5.74, 6) is 0.533. The molecule has 19 heavy (non-hydrogen) atoms. The lowest BCUT2D eigenvalue weighted by atomic mass is 9.64. The zero-order valence-electron chi connectivity index (χ0n) is 11.4. The summed E-state index contributed by atoms with van der Waals surface area (Å²) in [5, 5.41) is 0. The van der Waals surface area contributed by atoms with Gasteiger partial charge in [-0.15, -0.1) is 0 Å². The molecule has 6 heteroatoms. The van der Waals surface area contributed by atoms with E-state index in [1.165, 1.54) is 0 Å². The lowest BCUT2D eigenvalue weighted by Crippen LogP contribution is -2.40. The molecule has 1 saturated heterocycles. The van der Waals surface area contributed by atoms with Crippen LogP contribution in [0.15, 0.2) is 0 Å². The Balaban J connectivity index is 2.21. The molecule has 2 rings (SSSR count). The summed E-state index contributed by atoms with van der Waals surface area (Å²) in [6.45, 7) is 4.35. The molecule has 1 aliphatic heterocycles. The molecule has 0 radical (unpaired) electrons. The second-order valence-electron chi connectivity index (χ2n) is 6.32.